The number of nitrogens with one attached hydrogen (secondary N) is 1. The van der Waals surface area contributed by atoms with Crippen molar-refractivity contribution >= 4 is 33.2 Å². The van der Waals surface area contributed by atoms with Gasteiger partial charge in [-0.2, -0.15) is 0 Å². The lowest BCUT2D eigenvalue weighted by Crippen LogP contribution is -2.29. The normalized spacial score (nSPS) is 11.8. The second-order valence-corrected chi connectivity index (χ2v) is 8.45. The van der Waals surface area contributed by atoms with E-state index < -0.39 is 0 Å². The molecule has 1 N–H and O–H groups in total. The fourth-order valence-electron chi connectivity index (χ4n) is 2.80. The molecule has 0 spiro atoms. The second-order valence-electron chi connectivity index (χ2n) is 6.59. The Labute approximate surface area is 178 Å². The van der Waals surface area contributed by atoms with Crippen LogP contribution < -0.4 is 10.1 Å². The van der Waals surface area contributed by atoms with Crippen molar-refractivity contribution in [1.82, 2.24) is 10.3 Å². The van der Waals surface area contributed by atoms with E-state index in [0.717, 1.165) is 32.9 Å². The molecule has 0 saturated heterocycles. The van der Waals surface area contributed by atoms with E-state index in [2.05, 4.69) is 33.2 Å². The maximum Gasteiger partial charge on any atom is 0.226 e. The minimum Gasteiger partial charge on any atom is -0.486 e. The average molecular weight is 459 g/mol. The summed E-state index contributed by atoms with van der Waals surface area (Å²) in [5.74, 6) is 0.798. The van der Waals surface area contributed by atoms with Gasteiger partial charge in [0.1, 0.15) is 17.4 Å². The van der Waals surface area contributed by atoms with Crippen LogP contribution in [0.3, 0.4) is 0 Å². The molecule has 1 unspecified atom stereocenters. The molecule has 1 heterocycles. The number of amides is 1. The molecule has 0 aliphatic carbocycles. The summed E-state index contributed by atoms with van der Waals surface area (Å²) in [6.45, 7) is 4.52. The molecule has 28 heavy (non-hydrogen) atoms. The van der Waals surface area contributed by atoms with Gasteiger partial charge in [0.05, 0.1) is 18.2 Å². The Morgan fingerprint density at radius 1 is 1.18 bits per heavy atom. The lowest BCUT2D eigenvalue weighted by atomic mass is 10.0. The summed E-state index contributed by atoms with van der Waals surface area (Å²) in [6.07, 6.45) is 1.11. The quantitative estimate of drug-likeness (QED) is 0.477. The Morgan fingerprint density at radius 3 is 2.57 bits per heavy atom. The smallest absolute Gasteiger partial charge is 0.226 e. The Hall–Kier alpha value is -2.18. The number of hydrogen-bond acceptors (Lipinski definition) is 4. The Balaban J connectivity index is 1.52. The zero-order valence-corrected chi connectivity index (χ0v) is 18.3. The fraction of sp³-hybridized carbons (Fsp3) is 0.273. The van der Waals surface area contributed by atoms with Gasteiger partial charge in [0.15, 0.2) is 0 Å². The molecule has 0 saturated carbocycles. The summed E-state index contributed by atoms with van der Waals surface area (Å²) in [6, 6.07) is 16.0. The Bertz CT molecular complexity index is 907. The molecule has 0 aliphatic rings. The molecule has 0 aliphatic heterocycles. The number of nitrogens with zero attached hydrogens (tertiary/aromatic N) is 1. The summed E-state index contributed by atoms with van der Waals surface area (Å²) >= 11 is 4.96. The molecule has 0 fully saturated rings. The van der Waals surface area contributed by atoms with Crippen LogP contribution in [0.2, 0.25) is 0 Å². The van der Waals surface area contributed by atoms with Crippen molar-refractivity contribution in [3.8, 4) is 5.75 Å². The van der Waals surface area contributed by atoms with Crippen LogP contribution in [0.25, 0.3) is 0 Å². The van der Waals surface area contributed by atoms with Gasteiger partial charge in [0.25, 0.3) is 0 Å². The van der Waals surface area contributed by atoms with Crippen LogP contribution in [0, 0.1) is 6.92 Å². The van der Waals surface area contributed by atoms with Crippen molar-refractivity contribution in [3.63, 3.8) is 0 Å². The molecule has 1 amide bonds. The van der Waals surface area contributed by atoms with Crippen LogP contribution in [0.15, 0.2) is 58.4 Å². The highest BCUT2D eigenvalue weighted by Gasteiger charge is 2.14. The van der Waals surface area contributed by atoms with Crippen molar-refractivity contribution in [2.45, 2.75) is 39.3 Å². The molecule has 1 aromatic heterocycles. The number of halogens is 1. The first-order valence-electron chi connectivity index (χ1n) is 9.21. The van der Waals surface area contributed by atoms with Crippen LogP contribution in [0.4, 0.5) is 0 Å². The largest absolute Gasteiger partial charge is 0.486 e. The molecule has 6 heteroatoms. The van der Waals surface area contributed by atoms with Crippen LogP contribution in [0.1, 0.15) is 41.2 Å². The predicted molar refractivity (Wildman–Crippen MR) is 117 cm³/mol. The van der Waals surface area contributed by atoms with Crippen LogP contribution >= 0.6 is 27.3 Å². The third-order valence-electron chi connectivity index (χ3n) is 4.34. The number of rotatable bonds is 8. The lowest BCUT2D eigenvalue weighted by molar-refractivity contribution is -0.121. The summed E-state index contributed by atoms with van der Waals surface area (Å²) < 4.78 is 6.79. The van der Waals surface area contributed by atoms with E-state index in [0.29, 0.717) is 6.61 Å². The SMILES string of the molecule is CCC(NC(=O)Cc1csc(COc2ccc(C)cc2)n1)c1ccc(Br)cc1. The van der Waals surface area contributed by atoms with Gasteiger partial charge in [-0.05, 0) is 43.2 Å². The van der Waals surface area contributed by atoms with Gasteiger partial charge in [0.2, 0.25) is 5.91 Å². The number of carbonyl (C=O) groups is 1. The first kappa shape index (κ1) is 20.6. The lowest BCUT2D eigenvalue weighted by Gasteiger charge is -2.17. The zero-order chi connectivity index (χ0) is 19.9. The first-order chi connectivity index (χ1) is 13.5. The molecule has 0 bridgehead atoms. The Morgan fingerprint density at radius 2 is 1.89 bits per heavy atom. The molecule has 3 rings (SSSR count). The highest BCUT2D eigenvalue weighted by Crippen LogP contribution is 2.20. The molecule has 4 nitrogen and oxygen atoms in total. The van der Waals surface area contributed by atoms with E-state index in [-0.39, 0.29) is 18.4 Å². The van der Waals surface area contributed by atoms with Gasteiger partial charge in [-0.25, -0.2) is 4.98 Å². The monoisotopic (exact) mass is 458 g/mol. The molecular formula is C22H23BrN2O2S. The Kier molecular flexibility index (Phi) is 7.23. The van der Waals surface area contributed by atoms with Gasteiger partial charge < -0.3 is 10.1 Å². The third-order valence-corrected chi connectivity index (χ3v) is 5.74. The van der Waals surface area contributed by atoms with Crippen molar-refractivity contribution < 1.29 is 9.53 Å². The number of thiazole rings is 1. The standard InChI is InChI=1S/C22H23BrN2O2S/c1-3-20(16-6-8-17(23)9-7-16)25-21(26)12-18-14-28-22(24-18)13-27-19-10-4-15(2)5-11-19/h4-11,14,20H,3,12-13H2,1-2H3,(H,25,26). The zero-order valence-electron chi connectivity index (χ0n) is 15.9. The number of ether oxygens (including phenoxy) is 1. The minimum absolute atomic E-state index is 0.00331. The summed E-state index contributed by atoms with van der Waals surface area (Å²) in [7, 11) is 0. The average Bonchev–Trinajstić information content (AvgIpc) is 3.13. The van der Waals surface area contributed by atoms with Crippen molar-refractivity contribution in [2.24, 2.45) is 0 Å². The first-order valence-corrected chi connectivity index (χ1v) is 10.9. The minimum atomic E-state index is -0.0222. The predicted octanol–water partition coefficient (Wildman–Crippen LogP) is 5.60. The highest BCUT2D eigenvalue weighted by atomic mass is 79.9. The number of carbonyl (C=O) groups excluding carboxylic acids is 1. The van der Waals surface area contributed by atoms with E-state index in [1.54, 1.807) is 0 Å². The van der Waals surface area contributed by atoms with E-state index in [9.17, 15) is 4.79 Å². The number of aromatic nitrogens is 1. The maximum absolute atomic E-state index is 12.5. The molecule has 2 aromatic carbocycles. The van der Waals surface area contributed by atoms with Gasteiger partial charge in [-0.3, -0.25) is 4.79 Å². The van der Waals surface area contributed by atoms with Crippen molar-refractivity contribution in [3.05, 3.63) is 80.2 Å². The molecular weight excluding hydrogens is 436 g/mol. The number of aryl methyl sites for hydroxylation is 1. The number of hydrogen-bond donors (Lipinski definition) is 1. The van der Waals surface area contributed by atoms with Gasteiger partial charge >= 0.3 is 0 Å². The van der Waals surface area contributed by atoms with Crippen LogP contribution in [0.5, 0.6) is 5.75 Å². The molecule has 3 aromatic rings. The van der Waals surface area contributed by atoms with Gasteiger partial charge in [-0.15, -0.1) is 11.3 Å². The highest BCUT2D eigenvalue weighted by molar-refractivity contribution is 9.10. The van der Waals surface area contributed by atoms with E-state index in [1.807, 2.05) is 60.8 Å². The molecule has 146 valence electrons. The third kappa shape index (κ3) is 5.91. The van der Waals surface area contributed by atoms with E-state index in [1.165, 1.54) is 16.9 Å². The van der Waals surface area contributed by atoms with Crippen molar-refractivity contribution in [2.75, 3.05) is 0 Å². The van der Waals surface area contributed by atoms with Crippen LogP contribution in [-0.4, -0.2) is 10.9 Å². The topological polar surface area (TPSA) is 51.2 Å². The summed E-state index contributed by atoms with van der Waals surface area (Å²) in [4.78, 5) is 17.0. The molecule has 1 atom stereocenters. The van der Waals surface area contributed by atoms with E-state index in [4.69, 9.17) is 4.74 Å². The maximum atomic E-state index is 12.5. The summed E-state index contributed by atoms with van der Waals surface area (Å²) in [5, 5.41) is 5.89. The second kappa shape index (κ2) is 9.85. The molecule has 0 radical (unpaired) electrons. The summed E-state index contributed by atoms with van der Waals surface area (Å²) in [5.41, 5.74) is 3.07. The number of benzene rings is 2. The van der Waals surface area contributed by atoms with Crippen molar-refractivity contribution in [1.29, 1.82) is 0 Å². The van der Waals surface area contributed by atoms with Gasteiger partial charge in [-0.1, -0.05) is 52.7 Å². The van der Waals surface area contributed by atoms with E-state index >= 15 is 0 Å². The van der Waals surface area contributed by atoms with Gasteiger partial charge in [0, 0.05) is 9.85 Å². The fourth-order valence-corrected chi connectivity index (χ4v) is 3.77. The van der Waals surface area contributed by atoms with Crippen LogP contribution in [-0.2, 0) is 17.8 Å².